The molecule has 0 aliphatic rings. The molecule has 0 saturated heterocycles. The molecule has 1 heterocycles. The fourth-order valence-corrected chi connectivity index (χ4v) is 1.69. The van der Waals surface area contributed by atoms with Crippen LogP contribution in [0.4, 0.5) is 17.6 Å². The van der Waals surface area contributed by atoms with Gasteiger partial charge in [-0.05, 0) is 36.2 Å². The molecular formula is C14H12F4N2. The van der Waals surface area contributed by atoms with Crippen molar-refractivity contribution < 1.29 is 17.6 Å². The summed E-state index contributed by atoms with van der Waals surface area (Å²) in [7, 11) is 0. The Kier molecular flexibility index (Phi) is 3.74. The minimum absolute atomic E-state index is 0.000746. The monoisotopic (exact) mass is 284 g/mol. The fraction of sp³-hybridized carbons (Fsp3) is 0.286. The van der Waals surface area contributed by atoms with Gasteiger partial charge in [-0.25, -0.2) is 4.39 Å². The first-order valence-corrected chi connectivity index (χ1v) is 6.00. The van der Waals surface area contributed by atoms with E-state index < -0.39 is 17.6 Å². The van der Waals surface area contributed by atoms with E-state index in [-0.39, 0.29) is 17.2 Å². The molecule has 0 aliphatic carbocycles. The van der Waals surface area contributed by atoms with Crippen LogP contribution >= 0.6 is 0 Å². The quantitative estimate of drug-likeness (QED) is 0.763. The van der Waals surface area contributed by atoms with Gasteiger partial charge in [-0.2, -0.15) is 23.4 Å². The molecule has 0 spiro atoms. The lowest BCUT2D eigenvalue weighted by Crippen LogP contribution is -2.06. The third-order valence-corrected chi connectivity index (χ3v) is 2.85. The highest BCUT2D eigenvalue weighted by Crippen LogP contribution is 2.32. The molecule has 1 aromatic heterocycles. The van der Waals surface area contributed by atoms with Crippen LogP contribution in [0, 0.1) is 5.82 Å². The lowest BCUT2D eigenvalue weighted by molar-refractivity contribution is -0.137. The summed E-state index contributed by atoms with van der Waals surface area (Å²) < 4.78 is 51.1. The topological polar surface area (TPSA) is 25.8 Å². The number of benzene rings is 1. The Morgan fingerprint density at radius 2 is 1.70 bits per heavy atom. The second-order valence-electron chi connectivity index (χ2n) is 4.69. The van der Waals surface area contributed by atoms with Crippen molar-refractivity contribution in [2.45, 2.75) is 25.9 Å². The SMILES string of the molecule is CC(C)c1ccc(-c2ccc(C(F)(F)F)cc2F)nn1. The normalized spacial score (nSPS) is 11.9. The van der Waals surface area contributed by atoms with Crippen molar-refractivity contribution in [3.8, 4) is 11.3 Å². The van der Waals surface area contributed by atoms with Crippen LogP contribution in [0.15, 0.2) is 30.3 Å². The number of aromatic nitrogens is 2. The van der Waals surface area contributed by atoms with Crippen molar-refractivity contribution in [2.75, 3.05) is 0 Å². The molecule has 0 amide bonds. The van der Waals surface area contributed by atoms with Gasteiger partial charge in [0.2, 0.25) is 0 Å². The smallest absolute Gasteiger partial charge is 0.206 e. The maximum absolute atomic E-state index is 13.8. The average molecular weight is 284 g/mol. The minimum atomic E-state index is -4.56. The van der Waals surface area contributed by atoms with E-state index >= 15 is 0 Å². The zero-order valence-corrected chi connectivity index (χ0v) is 10.9. The molecule has 2 nitrogen and oxygen atoms in total. The van der Waals surface area contributed by atoms with Gasteiger partial charge in [0.1, 0.15) is 5.82 Å². The van der Waals surface area contributed by atoms with Crippen LogP contribution in [-0.4, -0.2) is 10.2 Å². The van der Waals surface area contributed by atoms with Gasteiger partial charge >= 0.3 is 6.18 Å². The second kappa shape index (κ2) is 5.19. The van der Waals surface area contributed by atoms with Crippen LogP contribution in [-0.2, 0) is 6.18 Å². The number of halogens is 4. The van der Waals surface area contributed by atoms with Crippen molar-refractivity contribution in [2.24, 2.45) is 0 Å². The van der Waals surface area contributed by atoms with E-state index in [4.69, 9.17) is 0 Å². The van der Waals surface area contributed by atoms with Gasteiger partial charge in [-0.1, -0.05) is 13.8 Å². The maximum Gasteiger partial charge on any atom is 0.416 e. The Hall–Kier alpha value is -1.98. The third-order valence-electron chi connectivity index (χ3n) is 2.85. The van der Waals surface area contributed by atoms with E-state index in [2.05, 4.69) is 10.2 Å². The van der Waals surface area contributed by atoms with E-state index in [0.29, 0.717) is 6.07 Å². The molecule has 0 aliphatic heterocycles. The highest BCUT2D eigenvalue weighted by atomic mass is 19.4. The number of nitrogens with zero attached hydrogens (tertiary/aromatic N) is 2. The summed E-state index contributed by atoms with van der Waals surface area (Å²) in [4.78, 5) is 0. The molecule has 0 atom stereocenters. The Bertz CT molecular complexity index is 604. The molecular weight excluding hydrogens is 272 g/mol. The molecule has 1 aromatic carbocycles. The lowest BCUT2D eigenvalue weighted by Gasteiger charge is -2.09. The molecule has 20 heavy (non-hydrogen) atoms. The van der Waals surface area contributed by atoms with E-state index in [1.54, 1.807) is 12.1 Å². The first-order valence-electron chi connectivity index (χ1n) is 6.00. The summed E-state index contributed by atoms with van der Waals surface area (Å²) >= 11 is 0. The zero-order chi connectivity index (χ0) is 14.9. The van der Waals surface area contributed by atoms with Crippen molar-refractivity contribution >= 4 is 0 Å². The Morgan fingerprint density at radius 3 is 2.15 bits per heavy atom. The first kappa shape index (κ1) is 14.4. The largest absolute Gasteiger partial charge is 0.416 e. The molecule has 6 heteroatoms. The standard InChI is InChI=1S/C14H12F4N2/c1-8(2)12-5-6-13(20-19-12)10-4-3-9(7-11(10)15)14(16,17)18/h3-8H,1-2H3. The summed E-state index contributed by atoms with van der Waals surface area (Å²) in [5, 5.41) is 7.78. The van der Waals surface area contributed by atoms with Gasteiger partial charge in [-0.3, -0.25) is 0 Å². The van der Waals surface area contributed by atoms with Gasteiger partial charge in [-0.15, -0.1) is 0 Å². The maximum atomic E-state index is 13.8. The predicted octanol–water partition coefficient (Wildman–Crippen LogP) is 4.42. The highest BCUT2D eigenvalue weighted by Gasteiger charge is 2.31. The minimum Gasteiger partial charge on any atom is -0.206 e. The summed E-state index contributed by atoms with van der Waals surface area (Å²) in [6.07, 6.45) is -4.56. The molecule has 0 bridgehead atoms. The lowest BCUT2D eigenvalue weighted by atomic mass is 10.1. The molecule has 0 saturated carbocycles. The van der Waals surface area contributed by atoms with Gasteiger partial charge < -0.3 is 0 Å². The van der Waals surface area contributed by atoms with Crippen LogP contribution in [0.5, 0.6) is 0 Å². The van der Waals surface area contributed by atoms with Gasteiger partial charge in [0, 0.05) is 5.56 Å². The molecule has 106 valence electrons. The highest BCUT2D eigenvalue weighted by molar-refractivity contribution is 5.60. The Morgan fingerprint density at radius 1 is 1.00 bits per heavy atom. The van der Waals surface area contributed by atoms with Crippen LogP contribution in [0.1, 0.15) is 31.0 Å². The van der Waals surface area contributed by atoms with Crippen LogP contribution in [0.2, 0.25) is 0 Å². The summed E-state index contributed by atoms with van der Waals surface area (Å²) in [5.41, 5.74) is -0.0759. The fourth-order valence-electron chi connectivity index (χ4n) is 1.69. The van der Waals surface area contributed by atoms with Crippen LogP contribution < -0.4 is 0 Å². The molecule has 2 rings (SSSR count). The number of alkyl halides is 3. The summed E-state index contributed by atoms with van der Waals surface area (Å²) in [6.45, 7) is 3.87. The van der Waals surface area contributed by atoms with Gasteiger partial charge in [0.15, 0.2) is 0 Å². The van der Waals surface area contributed by atoms with Crippen LogP contribution in [0.25, 0.3) is 11.3 Å². The van der Waals surface area contributed by atoms with E-state index in [0.717, 1.165) is 17.8 Å². The molecule has 0 fully saturated rings. The van der Waals surface area contributed by atoms with Crippen molar-refractivity contribution in [3.05, 3.63) is 47.4 Å². The average Bonchev–Trinajstić information content (AvgIpc) is 2.37. The first-order chi connectivity index (χ1) is 9.29. The van der Waals surface area contributed by atoms with Crippen LogP contribution in [0.3, 0.4) is 0 Å². The second-order valence-corrected chi connectivity index (χ2v) is 4.69. The Labute approximate surface area is 113 Å². The summed E-state index contributed by atoms with van der Waals surface area (Å²) in [6, 6.07) is 5.60. The van der Waals surface area contributed by atoms with Crippen molar-refractivity contribution in [3.63, 3.8) is 0 Å². The molecule has 0 unspecified atom stereocenters. The molecule has 2 aromatic rings. The number of hydrogen-bond donors (Lipinski definition) is 0. The zero-order valence-electron chi connectivity index (χ0n) is 10.9. The van der Waals surface area contributed by atoms with Crippen molar-refractivity contribution in [1.29, 1.82) is 0 Å². The third kappa shape index (κ3) is 2.95. The van der Waals surface area contributed by atoms with Crippen molar-refractivity contribution in [1.82, 2.24) is 10.2 Å². The molecule has 0 radical (unpaired) electrons. The molecule has 0 N–H and O–H groups in total. The Balaban J connectivity index is 2.38. The van der Waals surface area contributed by atoms with E-state index in [1.807, 2.05) is 13.8 Å². The predicted molar refractivity (Wildman–Crippen MR) is 66.5 cm³/mol. The number of rotatable bonds is 2. The van der Waals surface area contributed by atoms with Gasteiger partial charge in [0.25, 0.3) is 0 Å². The van der Waals surface area contributed by atoms with Gasteiger partial charge in [0.05, 0.1) is 17.0 Å². The summed E-state index contributed by atoms with van der Waals surface area (Å²) in [5.74, 6) is -0.791. The number of hydrogen-bond acceptors (Lipinski definition) is 2. The van der Waals surface area contributed by atoms with E-state index in [1.165, 1.54) is 0 Å². The van der Waals surface area contributed by atoms with E-state index in [9.17, 15) is 17.6 Å².